The number of carbonyl (C=O) groups excluding carboxylic acids is 2. The Bertz CT molecular complexity index is 618. The first-order valence-electron chi connectivity index (χ1n) is 9.84. The maximum absolute atomic E-state index is 12.5. The number of nitrogens with zero attached hydrogens (tertiary/aromatic N) is 3. The molecule has 2 amide bonds. The fourth-order valence-corrected chi connectivity index (χ4v) is 3.46. The molecule has 0 radical (unpaired) electrons. The molecule has 0 atom stereocenters. The van der Waals surface area contributed by atoms with E-state index in [9.17, 15) is 9.59 Å². The van der Waals surface area contributed by atoms with E-state index in [0.29, 0.717) is 13.1 Å². The average molecular weight is 375 g/mol. The van der Waals surface area contributed by atoms with Gasteiger partial charge in [-0.1, -0.05) is 37.3 Å². The summed E-state index contributed by atoms with van der Waals surface area (Å²) in [4.78, 5) is 30.5. The minimum atomic E-state index is -0.0966. The van der Waals surface area contributed by atoms with Gasteiger partial charge < -0.3 is 10.2 Å². The lowest BCUT2D eigenvalue weighted by Crippen LogP contribution is -2.60. The molecular weight excluding hydrogens is 340 g/mol. The molecule has 27 heavy (non-hydrogen) atoms. The Balaban J connectivity index is 1.83. The lowest BCUT2D eigenvalue weighted by atomic mass is 9.97. The molecule has 1 heterocycles. The molecule has 6 nitrogen and oxygen atoms in total. The Kier molecular flexibility index (Phi) is 7.80. The highest BCUT2D eigenvalue weighted by molar-refractivity contribution is 5.85. The lowest BCUT2D eigenvalue weighted by Gasteiger charge is -2.47. The van der Waals surface area contributed by atoms with Crippen LogP contribution in [0.25, 0.3) is 0 Å². The van der Waals surface area contributed by atoms with E-state index in [2.05, 4.69) is 53.2 Å². The molecule has 0 unspecified atom stereocenters. The maximum atomic E-state index is 12.5. The summed E-state index contributed by atoms with van der Waals surface area (Å²) in [5, 5.41) is 2.81. The monoisotopic (exact) mass is 374 g/mol. The fraction of sp³-hybridized carbons (Fsp3) is 0.619. The number of amides is 2. The van der Waals surface area contributed by atoms with Crippen LogP contribution in [0.15, 0.2) is 30.3 Å². The van der Waals surface area contributed by atoms with E-state index in [1.807, 2.05) is 13.0 Å². The summed E-state index contributed by atoms with van der Waals surface area (Å²) in [6.07, 6.45) is 0.895. The second kappa shape index (κ2) is 9.85. The Labute approximate surface area is 163 Å². The smallest absolute Gasteiger partial charge is 0.239 e. The summed E-state index contributed by atoms with van der Waals surface area (Å²) in [6.45, 7) is 11.1. The van der Waals surface area contributed by atoms with Crippen molar-refractivity contribution in [1.29, 1.82) is 0 Å². The first kappa shape index (κ1) is 21.4. The molecule has 2 rings (SSSR count). The molecule has 6 heteroatoms. The normalized spacial score (nSPS) is 17.5. The van der Waals surface area contributed by atoms with Gasteiger partial charge in [0.25, 0.3) is 0 Å². The second-order valence-electron chi connectivity index (χ2n) is 8.03. The summed E-state index contributed by atoms with van der Waals surface area (Å²) in [5.74, 6) is -0.102. The number of rotatable bonds is 8. The van der Waals surface area contributed by atoms with Gasteiger partial charge in [0.15, 0.2) is 0 Å². The van der Waals surface area contributed by atoms with Gasteiger partial charge >= 0.3 is 0 Å². The quantitative estimate of drug-likeness (QED) is 0.750. The van der Waals surface area contributed by atoms with E-state index >= 15 is 0 Å². The van der Waals surface area contributed by atoms with Crippen molar-refractivity contribution in [2.75, 3.05) is 46.3 Å². The molecule has 0 bridgehead atoms. The third-order valence-corrected chi connectivity index (χ3v) is 5.11. The minimum Gasteiger partial charge on any atom is -0.355 e. The van der Waals surface area contributed by atoms with Crippen LogP contribution in [0.5, 0.6) is 0 Å². The van der Waals surface area contributed by atoms with Crippen LogP contribution >= 0.6 is 0 Å². The topological polar surface area (TPSA) is 55.9 Å². The van der Waals surface area contributed by atoms with Crippen molar-refractivity contribution >= 4 is 11.8 Å². The van der Waals surface area contributed by atoms with Crippen molar-refractivity contribution < 1.29 is 9.59 Å². The molecule has 1 aromatic rings. The Morgan fingerprint density at radius 3 is 2.52 bits per heavy atom. The Morgan fingerprint density at radius 2 is 1.89 bits per heavy atom. The Hall–Kier alpha value is -1.92. The molecule has 0 aliphatic carbocycles. The highest BCUT2D eigenvalue weighted by Crippen LogP contribution is 2.23. The van der Waals surface area contributed by atoms with E-state index in [0.717, 1.165) is 32.6 Å². The van der Waals surface area contributed by atoms with Crippen LogP contribution in [-0.4, -0.2) is 78.4 Å². The third-order valence-electron chi connectivity index (χ3n) is 5.11. The molecule has 1 fully saturated rings. The third kappa shape index (κ3) is 6.63. The van der Waals surface area contributed by atoms with Crippen LogP contribution in [-0.2, 0) is 16.1 Å². The number of hydrogen-bond acceptors (Lipinski definition) is 4. The predicted molar refractivity (Wildman–Crippen MR) is 108 cm³/mol. The molecule has 1 aromatic carbocycles. The zero-order valence-electron chi connectivity index (χ0n) is 17.2. The van der Waals surface area contributed by atoms with Gasteiger partial charge in [-0.05, 0) is 25.8 Å². The molecular formula is C21H34N4O2. The summed E-state index contributed by atoms with van der Waals surface area (Å²) in [5.41, 5.74) is 1.30. The second-order valence-corrected chi connectivity index (χ2v) is 8.03. The van der Waals surface area contributed by atoms with Crippen molar-refractivity contribution in [3.05, 3.63) is 35.9 Å². The predicted octanol–water partition coefficient (Wildman–Crippen LogP) is 1.57. The van der Waals surface area contributed by atoms with Crippen LogP contribution in [0.4, 0.5) is 0 Å². The number of carbonyl (C=O) groups is 2. The first-order valence-corrected chi connectivity index (χ1v) is 9.84. The standard InChI is InChI=1S/C21H34N4O2/c1-5-11-22-19(26)15-23(4)20(27)16-24-12-13-25(21(2,3)17-24)14-18-9-7-6-8-10-18/h6-10H,5,11-17H2,1-4H3,(H,22,26). The summed E-state index contributed by atoms with van der Waals surface area (Å²) in [6, 6.07) is 10.5. The van der Waals surface area contributed by atoms with Gasteiger partial charge in [-0.25, -0.2) is 0 Å². The van der Waals surface area contributed by atoms with Crippen LogP contribution in [0.2, 0.25) is 0 Å². The van der Waals surface area contributed by atoms with Crippen molar-refractivity contribution in [1.82, 2.24) is 20.0 Å². The van der Waals surface area contributed by atoms with Crippen molar-refractivity contribution in [2.24, 2.45) is 0 Å². The van der Waals surface area contributed by atoms with E-state index in [4.69, 9.17) is 0 Å². The van der Waals surface area contributed by atoms with Crippen LogP contribution in [0.1, 0.15) is 32.8 Å². The van der Waals surface area contributed by atoms with Gasteiger partial charge in [-0.3, -0.25) is 19.4 Å². The average Bonchev–Trinajstić information content (AvgIpc) is 2.62. The van der Waals surface area contributed by atoms with Gasteiger partial charge in [-0.15, -0.1) is 0 Å². The summed E-state index contributed by atoms with van der Waals surface area (Å²) in [7, 11) is 1.70. The molecule has 150 valence electrons. The summed E-state index contributed by atoms with van der Waals surface area (Å²) < 4.78 is 0. The molecule has 1 aliphatic rings. The minimum absolute atomic E-state index is 0.00559. The van der Waals surface area contributed by atoms with Crippen LogP contribution in [0.3, 0.4) is 0 Å². The number of hydrogen-bond donors (Lipinski definition) is 1. The van der Waals surface area contributed by atoms with Gasteiger partial charge in [0.05, 0.1) is 13.1 Å². The van der Waals surface area contributed by atoms with Crippen LogP contribution < -0.4 is 5.32 Å². The first-order chi connectivity index (χ1) is 12.8. The maximum Gasteiger partial charge on any atom is 0.239 e. The lowest BCUT2D eigenvalue weighted by molar-refractivity contribution is -0.136. The van der Waals surface area contributed by atoms with Crippen molar-refractivity contribution in [3.8, 4) is 0 Å². The van der Waals surface area contributed by atoms with Gasteiger partial charge in [0, 0.05) is 45.3 Å². The van der Waals surface area contributed by atoms with Gasteiger partial charge in [-0.2, -0.15) is 0 Å². The van der Waals surface area contributed by atoms with Gasteiger partial charge in [0.1, 0.15) is 0 Å². The van der Waals surface area contributed by atoms with E-state index in [1.165, 1.54) is 10.5 Å². The number of likely N-dealkylation sites (N-methyl/N-ethyl adjacent to an activating group) is 1. The number of nitrogens with one attached hydrogen (secondary N) is 1. The molecule has 0 aromatic heterocycles. The number of benzene rings is 1. The van der Waals surface area contributed by atoms with E-state index in [1.54, 1.807) is 7.05 Å². The number of piperazine rings is 1. The van der Waals surface area contributed by atoms with E-state index in [-0.39, 0.29) is 23.9 Å². The van der Waals surface area contributed by atoms with E-state index < -0.39 is 0 Å². The largest absolute Gasteiger partial charge is 0.355 e. The SMILES string of the molecule is CCCNC(=O)CN(C)C(=O)CN1CCN(Cc2ccccc2)C(C)(C)C1. The molecule has 0 spiro atoms. The van der Waals surface area contributed by atoms with Crippen molar-refractivity contribution in [2.45, 2.75) is 39.3 Å². The summed E-state index contributed by atoms with van der Waals surface area (Å²) >= 11 is 0. The van der Waals surface area contributed by atoms with Crippen molar-refractivity contribution in [3.63, 3.8) is 0 Å². The zero-order valence-corrected chi connectivity index (χ0v) is 17.2. The molecule has 1 aliphatic heterocycles. The highest BCUT2D eigenvalue weighted by Gasteiger charge is 2.34. The fourth-order valence-electron chi connectivity index (χ4n) is 3.46. The Morgan fingerprint density at radius 1 is 1.19 bits per heavy atom. The van der Waals surface area contributed by atoms with Crippen LogP contribution in [0, 0.1) is 0 Å². The molecule has 1 N–H and O–H groups in total. The zero-order chi connectivity index (χ0) is 19.9. The van der Waals surface area contributed by atoms with Gasteiger partial charge in [0.2, 0.25) is 11.8 Å². The molecule has 1 saturated heterocycles. The molecule has 0 saturated carbocycles. The highest BCUT2D eigenvalue weighted by atomic mass is 16.2.